The van der Waals surface area contributed by atoms with Crippen molar-refractivity contribution < 1.29 is 4.79 Å². The van der Waals surface area contributed by atoms with Crippen LogP contribution in [0.4, 0.5) is 0 Å². The third-order valence-corrected chi connectivity index (χ3v) is 4.05. The predicted molar refractivity (Wildman–Crippen MR) is 72.1 cm³/mol. The molecule has 1 fully saturated rings. The van der Waals surface area contributed by atoms with Crippen molar-refractivity contribution in [1.29, 1.82) is 5.26 Å². The van der Waals surface area contributed by atoms with E-state index >= 15 is 0 Å². The van der Waals surface area contributed by atoms with Crippen LogP contribution in [0, 0.1) is 17.2 Å². The molecule has 1 saturated carbocycles. The fourth-order valence-electron chi connectivity index (χ4n) is 2.97. The number of nitrogens with zero attached hydrogens (tertiary/aromatic N) is 2. The minimum atomic E-state index is -0.200. The maximum absolute atomic E-state index is 12.3. The second-order valence-corrected chi connectivity index (χ2v) is 5.32. The number of hydrogen-bond acceptors (Lipinski definition) is 2. The highest BCUT2D eigenvalue weighted by atomic mass is 16.2. The summed E-state index contributed by atoms with van der Waals surface area (Å²) in [4.78, 5) is 14.1. The molecule has 0 N–H and O–H groups in total. The van der Waals surface area contributed by atoms with Gasteiger partial charge < -0.3 is 4.90 Å². The van der Waals surface area contributed by atoms with E-state index in [0.717, 1.165) is 6.42 Å². The van der Waals surface area contributed by atoms with Gasteiger partial charge in [0.05, 0.1) is 6.04 Å². The Morgan fingerprint density at radius 1 is 1.37 bits per heavy atom. The van der Waals surface area contributed by atoms with Gasteiger partial charge in [0.1, 0.15) is 11.6 Å². The number of fused-ring (bicyclic) bond motifs is 1. The lowest BCUT2D eigenvalue weighted by Crippen LogP contribution is -2.41. The zero-order valence-electron chi connectivity index (χ0n) is 10.8. The molecule has 1 amide bonds. The van der Waals surface area contributed by atoms with E-state index in [9.17, 15) is 4.79 Å². The molecule has 1 heterocycles. The van der Waals surface area contributed by atoms with E-state index in [4.69, 9.17) is 5.26 Å². The summed E-state index contributed by atoms with van der Waals surface area (Å²) in [5, 5.41) is 8.87. The molecule has 1 atom stereocenters. The van der Waals surface area contributed by atoms with E-state index in [1.165, 1.54) is 24.0 Å². The third kappa shape index (κ3) is 2.04. The molecule has 1 aliphatic heterocycles. The highest BCUT2D eigenvalue weighted by Crippen LogP contribution is 2.47. The summed E-state index contributed by atoms with van der Waals surface area (Å²) >= 11 is 0. The standard InChI is InChI=1S/C16H16N2O/c1-11(10-17)16(19)18-9-8-12-4-2-3-5-14(12)15(18)13-6-7-13/h2-5,13,15H,1,6-9H2. The predicted octanol–water partition coefficient (Wildman–Crippen LogP) is 2.60. The van der Waals surface area contributed by atoms with Crippen LogP contribution in [0.5, 0.6) is 0 Å². The summed E-state index contributed by atoms with van der Waals surface area (Å²) in [6, 6.07) is 10.4. The van der Waals surface area contributed by atoms with Gasteiger partial charge in [0, 0.05) is 6.54 Å². The van der Waals surface area contributed by atoms with Gasteiger partial charge in [-0.05, 0) is 36.3 Å². The van der Waals surface area contributed by atoms with Crippen LogP contribution in [-0.4, -0.2) is 17.4 Å². The lowest BCUT2D eigenvalue weighted by molar-refractivity contribution is -0.130. The van der Waals surface area contributed by atoms with Crippen molar-refractivity contribution in [3.05, 3.63) is 47.5 Å². The van der Waals surface area contributed by atoms with Gasteiger partial charge in [-0.2, -0.15) is 5.26 Å². The molecule has 1 aromatic rings. The van der Waals surface area contributed by atoms with Crippen LogP contribution < -0.4 is 0 Å². The Hall–Kier alpha value is -2.08. The van der Waals surface area contributed by atoms with E-state index in [2.05, 4.69) is 24.8 Å². The van der Waals surface area contributed by atoms with Gasteiger partial charge in [-0.25, -0.2) is 0 Å². The number of amides is 1. The average Bonchev–Trinajstić information content (AvgIpc) is 3.28. The maximum Gasteiger partial charge on any atom is 0.264 e. The molecule has 2 aliphatic rings. The molecular weight excluding hydrogens is 236 g/mol. The Kier molecular flexibility index (Phi) is 2.87. The first-order chi connectivity index (χ1) is 9.22. The lowest BCUT2D eigenvalue weighted by atomic mass is 9.89. The molecule has 0 aromatic heterocycles. The SMILES string of the molecule is C=C(C#N)C(=O)N1CCc2ccccc2C1C1CC1. The fourth-order valence-corrected chi connectivity index (χ4v) is 2.97. The zero-order chi connectivity index (χ0) is 13.4. The first kappa shape index (κ1) is 12.0. The van der Waals surface area contributed by atoms with Crippen LogP contribution in [0.25, 0.3) is 0 Å². The second-order valence-electron chi connectivity index (χ2n) is 5.32. The normalized spacial score (nSPS) is 21.4. The van der Waals surface area contributed by atoms with Gasteiger partial charge >= 0.3 is 0 Å². The summed E-state index contributed by atoms with van der Waals surface area (Å²) in [6.45, 7) is 4.26. The summed E-state index contributed by atoms with van der Waals surface area (Å²) < 4.78 is 0. The van der Waals surface area contributed by atoms with E-state index < -0.39 is 0 Å². The quantitative estimate of drug-likeness (QED) is 0.600. The monoisotopic (exact) mass is 252 g/mol. The second kappa shape index (κ2) is 4.55. The van der Waals surface area contributed by atoms with E-state index in [1.54, 1.807) is 0 Å². The van der Waals surface area contributed by atoms with Crippen LogP contribution in [0.1, 0.15) is 30.0 Å². The molecule has 1 aromatic carbocycles. The van der Waals surface area contributed by atoms with Crippen molar-refractivity contribution in [2.45, 2.75) is 25.3 Å². The molecule has 96 valence electrons. The highest BCUT2D eigenvalue weighted by molar-refractivity contribution is 5.97. The smallest absolute Gasteiger partial charge is 0.264 e. The van der Waals surface area contributed by atoms with Crippen molar-refractivity contribution in [3.63, 3.8) is 0 Å². The first-order valence-corrected chi connectivity index (χ1v) is 6.70. The summed E-state index contributed by atoms with van der Waals surface area (Å²) in [7, 11) is 0. The summed E-state index contributed by atoms with van der Waals surface area (Å²) in [5.41, 5.74) is 2.64. The Balaban J connectivity index is 1.97. The van der Waals surface area contributed by atoms with Crippen LogP contribution >= 0.6 is 0 Å². The molecule has 0 bridgehead atoms. The van der Waals surface area contributed by atoms with Crippen molar-refractivity contribution in [2.24, 2.45) is 5.92 Å². The molecular formula is C16H16N2O. The number of hydrogen-bond donors (Lipinski definition) is 0. The molecule has 1 aliphatic carbocycles. The fraction of sp³-hybridized carbons (Fsp3) is 0.375. The Morgan fingerprint density at radius 3 is 2.79 bits per heavy atom. The zero-order valence-corrected chi connectivity index (χ0v) is 10.8. The molecule has 19 heavy (non-hydrogen) atoms. The highest BCUT2D eigenvalue weighted by Gasteiger charge is 2.41. The Bertz CT molecular complexity index is 581. The van der Waals surface area contributed by atoms with Crippen molar-refractivity contribution >= 4 is 5.91 Å². The van der Waals surface area contributed by atoms with E-state index in [-0.39, 0.29) is 17.5 Å². The van der Waals surface area contributed by atoms with Crippen molar-refractivity contribution in [2.75, 3.05) is 6.54 Å². The van der Waals surface area contributed by atoms with Crippen LogP contribution in [0.3, 0.4) is 0 Å². The number of benzene rings is 1. The van der Waals surface area contributed by atoms with Crippen LogP contribution in [0.15, 0.2) is 36.4 Å². The van der Waals surface area contributed by atoms with Gasteiger partial charge in [-0.3, -0.25) is 4.79 Å². The van der Waals surface area contributed by atoms with Crippen LogP contribution in [0.2, 0.25) is 0 Å². The number of nitriles is 1. The lowest BCUT2D eigenvalue weighted by Gasteiger charge is -2.37. The van der Waals surface area contributed by atoms with E-state index in [0.29, 0.717) is 12.5 Å². The molecule has 0 radical (unpaired) electrons. The third-order valence-electron chi connectivity index (χ3n) is 4.05. The Labute approximate surface area is 113 Å². The summed E-state index contributed by atoms with van der Waals surface area (Å²) in [6.07, 6.45) is 3.20. The van der Waals surface area contributed by atoms with E-state index in [1.807, 2.05) is 17.0 Å². The van der Waals surface area contributed by atoms with Gasteiger partial charge in [-0.1, -0.05) is 30.8 Å². The van der Waals surface area contributed by atoms with Gasteiger partial charge in [0.2, 0.25) is 0 Å². The average molecular weight is 252 g/mol. The Morgan fingerprint density at radius 2 is 2.11 bits per heavy atom. The molecule has 0 spiro atoms. The van der Waals surface area contributed by atoms with Gasteiger partial charge in [0.25, 0.3) is 5.91 Å². The molecule has 3 rings (SSSR count). The topological polar surface area (TPSA) is 44.1 Å². The van der Waals surface area contributed by atoms with Crippen LogP contribution in [-0.2, 0) is 11.2 Å². The van der Waals surface area contributed by atoms with Gasteiger partial charge in [-0.15, -0.1) is 0 Å². The molecule has 3 nitrogen and oxygen atoms in total. The minimum absolute atomic E-state index is 0.0463. The maximum atomic E-state index is 12.3. The number of carbonyl (C=O) groups is 1. The molecule has 0 saturated heterocycles. The van der Waals surface area contributed by atoms with Gasteiger partial charge in [0.15, 0.2) is 0 Å². The number of rotatable bonds is 2. The van der Waals surface area contributed by atoms with Crippen molar-refractivity contribution in [1.82, 2.24) is 4.90 Å². The molecule has 3 heteroatoms. The minimum Gasteiger partial charge on any atom is -0.330 e. The first-order valence-electron chi connectivity index (χ1n) is 6.70. The van der Waals surface area contributed by atoms with Crippen molar-refractivity contribution in [3.8, 4) is 6.07 Å². The molecule has 1 unspecified atom stereocenters. The number of carbonyl (C=O) groups excluding carboxylic acids is 1. The summed E-state index contributed by atoms with van der Waals surface area (Å²) in [5.74, 6) is 0.353. The largest absolute Gasteiger partial charge is 0.330 e.